The molecular formula is C20H20N4O. The average molecular weight is 332 g/mol. The molecule has 0 aliphatic rings. The lowest BCUT2D eigenvalue weighted by atomic mass is 10.1. The van der Waals surface area contributed by atoms with Crippen molar-refractivity contribution in [1.29, 1.82) is 0 Å². The van der Waals surface area contributed by atoms with E-state index in [4.69, 9.17) is 10.8 Å². The molecule has 0 fully saturated rings. The predicted octanol–water partition coefficient (Wildman–Crippen LogP) is 3.21. The van der Waals surface area contributed by atoms with Gasteiger partial charge in [0.2, 0.25) is 0 Å². The van der Waals surface area contributed by atoms with Crippen molar-refractivity contribution in [2.45, 2.75) is 26.5 Å². The van der Waals surface area contributed by atoms with E-state index >= 15 is 0 Å². The second kappa shape index (κ2) is 6.18. The molecule has 3 N–H and O–H groups in total. The summed E-state index contributed by atoms with van der Waals surface area (Å²) >= 11 is 0. The molecule has 0 unspecified atom stereocenters. The highest BCUT2D eigenvalue weighted by Crippen LogP contribution is 2.28. The summed E-state index contributed by atoms with van der Waals surface area (Å²) < 4.78 is 2.22. The van der Waals surface area contributed by atoms with Crippen LogP contribution in [0.25, 0.3) is 21.9 Å². The van der Waals surface area contributed by atoms with Crippen LogP contribution in [0, 0.1) is 6.92 Å². The van der Waals surface area contributed by atoms with Gasteiger partial charge in [0.05, 0.1) is 17.6 Å². The topological polar surface area (TPSA) is 77.0 Å². The van der Waals surface area contributed by atoms with E-state index in [9.17, 15) is 0 Å². The van der Waals surface area contributed by atoms with Crippen LogP contribution in [0.1, 0.15) is 17.0 Å². The molecular weight excluding hydrogens is 312 g/mol. The molecule has 2 aromatic heterocycles. The number of imidazole rings is 1. The maximum Gasteiger partial charge on any atom is 0.152 e. The van der Waals surface area contributed by atoms with Crippen LogP contribution in [0.2, 0.25) is 0 Å². The smallest absolute Gasteiger partial charge is 0.152 e. The first-order chi connectivity index (χ1) is 12.2. The Morgan fingerprint density at radius 2 is 1.72 bits per heavy atom. The molecule has 4 rings (SSSR count). The Labute approximate surface area is 145 Å². The van der Waals surface area contributed by atoms with E-state index in [-0.39, 0.29) is 6.61 Å². The fourth-order valence-corrected chi connectivity index (χ4v) is 3.30. The lowest BCUT2D eigenvalue weighted by molar-refractivity contribution is 0.282. The normalized spacial score (nSPS) is 11.4. The lowest BCUT2D eigenvalue weighted by Gasteiger charge is -2.10. The molecule has 0 bridgehead atoms. The monoisotopic (exact) mass is 332 g/mol. The van der Waals surface area contributed by atoms with Crippen molar-refractivity contribution in [3.05, 3.63) is 65.5 Å². The number of nitrogens with two attached hydrogens (primary N) is 1. The van der Waals surface area contributed by atoms with Crippen molar-refractivity contribution < 1.29 is 5.11 Å². The maximum atomic E-state index is 9.16. The van der Waals surface area contributed by atoms with Gasteiger partial charge < -0.3 is 15.4 Å². The van der Waals surface area contributed by atoms with Crippen LogP contribution in [0.5, 0.6) is 0 Å². The first-order valence-electron chi connectivity index (χ1n) is 8.37. The number of nitrogen functional groups attached to an aromatic ring is 1. The van der Waals surface area contributed by atoms with Crippen LogP contribution in [0.15, 0.2) is 48.5 Å². The molecule has 0 atom stereocenters. The molecule has 0 radical (unpaired) electrons. The molecule has 126 valence electrons. The summed E-state index contributed by atoms with van der Waals surface area (Å²) in [5, 5.41) is 10.2. The van der Waals surface area contributed by atoms with E-state index in [0.29, 0.717) is 5.82 Å². The summed E-state index contributed by atoms with van der Waals surface area (Å²) in [5.74, 6) is 1.41. The number of hydrogen-bond donors (Lipinski definition) is 2. The standard InChI is InChI=1S/C20H20N4O/c1-13-22-18-19(16-4-2-3-5-17(16)23-20(18)21)24(13)11-10-14-6-8-15(12-25)9-7-14/h2-9,25H,10-12H2,1H3,(H2,21,23). The van der Waals surface area contributed by atoms with Crippen molar-refractivity contribution in [2.24, 2.45) is 0 Å². The number of hydrogen-bond acceptors (Lipinski definition) is 4. The molecule has 25 heavy (non-hydrogen) atoms. The van der Waals surface area contributed by atoms with Gasteiger partial charge in [-0.15, -0.1) is 0 Å². The minimum Gasteiger partial charge on any atom is -0.392 e. The molecule has 2 heterocycles. The summed E-state index contributed by atoms with van der Waals surface area (Å²) in [4.78, 5) is 9.12. The SMILES string of the molecule is Cc1nc2c(N)nc3ccccc3c2n1CCc1ccc(CO)cc1. The fraction of sp³-hybridized carbons (Fsp3) is 0.200. The van der Waals surface area contributed by atoms with Crippen molar-refractivity contribution in [2.75, 3.05) is 5.73 Å². The molecule has 0 saturated heterocycles. The number of benzene rings is 2. The average Bonchev–Trinajstić information content (AvgIpc) is 2.98. The van der Waals surface area contributed by atoms with Crippen LogP contribution in [0.3, 0.4) is 0 Å². The number of aromatic nitrogens is 3. The Balaban J connectivity index is 1.77. The highest BCUT2D eigenvalue weighted by molar-refractivity contribution is 6.06. The minimum atomic E-state index is 0.0732. The lowest BCUT2D eigenvalue weighted by Crippen LogP contribution is -2.04. The zero-order valence-electron chi connectivity index (χ0n) is 14.1. The number of aryl methyl sites for hydroxylation is 3. The summed E-state index contributed by atoms with van der Waals surface area (Å²) in [6.07, 6.45) is 0.883. The largest absolute Gasteiger partial charge is 0.392 e. The van der Waals surface area contributed by atoms with E-state index in [0.717, 1.165) is 46.3 Å². The van der Waals surface area contributed by atoms with Gasteiger partial charge in [-0.05, 0) is 30.5 Å². The minimum absolute atomic E-state index is 0.0732. The quantitative estimate of drug-likeness (QED) is 0.601. The molecule has 0 aliphatic heterocycles. The summed E-state index contributed by atoms with van der Waals surface area (Å²) in [6.45, 7) is 2.89. The van der Waals surface area contributed by atoms with Crippen molar-refractivity contribution in [1.82, 2.24) is 14.5 Å². The van der Waals surface area contributed by atoms with Crippen LogP contribution in [-0.2, 0) is 19.6 Å². The van der Waals surface area contributed by atoms with Crippen molar-refractivity contribution >= 4 is 27.8 Å². The molecule has 2 aromatic carbocycles. The van der Waals surface area contributed by atoms with Gasteiger partial charge in [0, 0.05) is 11.9 Å². The number of pyridine rings is 1. The van der Waals surface area contributed by atoms with Crippen molar-refractivity contribution in [3.63, 3.8) is 0 Å². The van der Waals surface area contributed by atoms with Gasteiger partial charge in [-0.25, -0.2) is 9.97 Å². The second-order valence-corrected chi connectivity index (χ2v) is 6.25. The number of fused-ring (bicyclic) bond motifs is 3. The fourth-order valence-electron chi connectivity index (χ4n) is 3.30. The molecule has 0 amide bonds. The first-order valence-corrected chi connectivity index (χ1v) is 8.37. The van der Waals surface area contributed by atoms with Gasteiger partial charge >= 0.3 is 0 Å². The Morgan fingerprint density at radius 1 is 1.00 bits per heavy atom. The molecule has 5 nitrogen and oxygen atoms in total. The van der Waals surface area contributed by atoms with Gasteiger partial charge in [-0.3, -0.25) is 0 Å². The summed E-state index contributed by atoms with van der Waals surface area (Å²) in [6, 6.07) is 16.1. The van der Waals surface area contributed by atoms with Gasteiger partial charge in [0.15, 0.2) is 5.82 Å². The van der Waals surface area contributed by atoms with E-state index in [1.165, 1.54) is 5.56 Å². The van der Waals surface area contributed by atoms with Gasteiger partial charge in [-0.2, -0.15) is 0 Å². The highest BCUT2D eigenvalue weighted by atomic mass is 16.3. The highest BCUT2D eigenvalue weighted by Gasteiger charge is 2.14. The molecule has 0 aliphatic carbocycles. The number of anilines is 1. The first kappa shape index (κ1) is 15.6. The van der Waals surface area contributed by atoms with Crippen LogP contribution < -0.4 is 5.73 Å². The predicted molar refractivity (Wildman–Crippen MR) is 100 cm³/mol. The number of nitrogens with zero attached hydrogens (tertiary/aromatic N) is 3. The Bertz CT molecular complexity index is 1050. The number of para-hydroxylation sites is 1. The van der Waals surface area contributed by atoms with E-state index < -0.39 is 0 Å². The van der Waals surface area contributed by atoms with Gasteiger partial charge in [0.1, 0.15) is 11.3 Å². The molecule has 0 spiro atoms. The Morgan fingerprint density at radius 3 is 2.48 bits per heavy atom. The second-order valence-electron chi connectivity index (χ2n) is 6.25. The maximum absolute atomic E-state index is 9.16. The van der Waals surface area contributed by atoms with Crippen LogP contribution in [-0.4, -0.2) is 19.6 Å². The molecule has 4 aromatic rings. The zero-order chi connectivity index (χ0) is 17.4. The third kappa shape index (κ3) is 2.72. The Hall–Kier alpha value is -2.92. The van der Waals surface area contributed by atoms with Crippen LogP contribution >= 0.6 is 0 Å². The molecule has 0 saturated carbocycles. The van der Waals surface area contributed by atoms with E-state index in [2.05, 4.69) is 32.7 Å². The number of rotatable bonds is 4. The van der Waals surface area contributed by atoms with Gasteiger partial charge in [-0.1, -0.05) is 42.5 Å². The van der Waals surface area contributed by atoms with E-state index in [1.807, 2.05) is 37.3 Å². The summed E-state index contributed by atoms with van der Waals surface area (Å²) in [5.41, 5.74) is 11.0. The van der Waals surface area contributed by atoms with Gasteiger partial charge in [0.25, 0.3) is 0 Å². The third-order valence-electron chi connectivity index (χ3n) is 4.63. The number of aliphatic hydroxyl groups excluding tert-OH is 1. The third-order valence-corrected chi connectivity index (χ3v) is 4.63. The number of aliphatic hydroxyl groups is 1. The van der Waals surface area contributed by atoms with Crippen molar-refractivity contribution in [3.8, 4) is 0 Å². The summed E-state index contributed by atoms with van der Waals surface area (Å²) in [7, 11) is 0. The van der Waals surface area contributed by atoms with Crippen LogP contribution in [0.4, 0.5) is 5.82 Å². The zero-order valence-corrected chi connectivity index (χ0v) is 14.1. The Kier molecular flexibility index (Phi) is 3.86. The molecule has 5 heteroatoms. The van der Waals surface area contributed by atoms with E-state index in [1.54, 1.807) is 0 Å².